The second-order valence-corrected chi connectivity index (χ2v) is 8.38. The number of sulfone groups is 1. The molecular weight excluding hydrogens is 314 g/mol. The van der Waals surface area contributed by atoms with E-state index in [-0.39, 0.29) is 12.0 Å². The molecule has 0 radical (unpaired) electrons. The second kappa shape index (κ2) is 7.75. The summed E-state index contributed by atoms with van der Waals surface area (Å²) in [6, 6.07) is 8.71. The SMILES string of the molecule is O=S(=O)(CCCN1CCC(C2OCCO2)CC1)c1ccccc1. The first-order valence-electron chi connectivity index (χ1n) is 8.38. The molecule has 0 atom stereocenters. The number of likely N-dealkylation sites (tertiary alicyclic amines) is 1. The first-order valence-corrected chi connectivity index (χ1v) is 10.0. The molecule has 2 saturated heterocycles. The normalized spacial score (nSPS) is 21.7. The zero-order valence-corrected chi connectivity index (χ0v) is 14.2. The summed E-state index contributed by atoms with van der Waals surface area (Å²) in [5.41, 5.74) is 0. The lowest BCUT2D eigenvalue weighted by Gasteiger charge is -2.33. The Morgan fingerprint density at radius 3 is 2.35 bits per heavy atom. The predicted molar refractivity (Wildman–Crippen MR) is 88.0 cm³/mol. The molecule has 23 heavy (non-hydrogen) atoms. The van der Waals surface area contributed by atoms with Gasteiger partial charge in [0, 0.05) is 5.92 Å². The summed E-state index contributed by atoms with van der Waals surface area (Å²) in [5.74, 6) is 0.702. The summed E-state index contributed by atoms with van der Waals surface area (Å²) in [7, 11) is -3.15. The summed E-state index contributed by atoms with van der Waals surface area (Å²) in [5, 5.41) is 0. The highest BCUT2D eigenvalue weighted by molar-refractivity contribution is 7.91. The van der Waals surface area contributed by atoms with E-state index in [1.165, 1.54) is 0 Å². The van der Waals surface area contributed by atoms with Gasteiger partial charge in [-0.1, -0.05) is 18.2 Å². The minimum atomic E-state index is -3.15. The van der Waals surface area contributed by atoms with Gasteiger partial charge in [0.1, 0.15) is 0 Å². The van der Waals surface area contributed by atoms with Crippen LogP contribution in [0.3, 0.4) is 0 Å². The zero-order chi connectivity index (χ0) is 16.1. The molecule has 0 aromatic heterocycles. The maximum absolute atomic E-state index is 12.2. The van der Waals surface area contributed by atoms with Crippen molar-refractivity contribution in [2.24, 2.45) is 5.92 Å². The van der Waals surface area contributed by atoms with Gasteiger partial charge in [-0.2, -0.15) is 0 Å². The Morgan fingerprint density at radius 1 is 1.04 bits per heavy atom. The molecule has 0 amide bonds. The van der Waals surface area contributed by atoms with Crippen LogP contribution in [-0.2, 0) is 19.3 Å². The Morgan fingerprint density at radius 2 is 1.70 bits per heavy atom. The summed E-state index contributed by atoms with van der Waals surface area (Å²) >= 11 is 0. The van der Waals surface area contributed by atoms with Gasteiger partial charge in [0.15, 0.2) is 16.1 Å². The number of ether oxygens (including phenoxy) is 2. The third kappa shape index (κ3) is 4.53. The van der Waals surface area contributed by atoms with Gasteiger partial charge in [0.25, 0.3) is 0 Å². The van der Waals surface area contributed by atoms with E-state index >= 15 is 0 Å². The monoisotopic (exact) mass is 339 g/mol. The Labute approximate surface area is 138 Å². The zero-order valence-electron chi connectivity index (χ0n) is 13.4. The smallest absolute Gasteiger partial charge is 0.178 e. The van der Waals surface area contributed by atoms with E-state index in [9.17, 15) is 8.42 Å². The van der Waals surface area contributed by atoms with E-state index in [0.717, 1.165) is 32.5 Å². The van der Waals surface area contributed by atoms with E-state index in [1.807, 2.05) is 6.07 Å². The van der Waals surface area contributed by atoms with E-state index in [1.54, 1.807) is 24.3 Å². The van der Waals surface area contributed by atoms with E-state index in [0.29, 0.717) is 30.4 Å². The van der Waals surface area contributed by atoms with Crippen LogP contribution >= 0.6 is 0 Å². The average Bonchev–Trinajstić information content (AvgIpc) is 3.11. The molecular formula is C17H25NO4S. The van der Waals surface area contributed by atoms with Gasteiger partial charge in [-0.05, 0) is 51.0 Å². The number of nitrogens with zero attached hydrogens (tertiary/aromatic N) is 1. The van der Waals surface area contributed by atoms with E-state index < -0.39 is 9.84 Å². The van der Waals surface area contributed by atoms with Crippen molar-refractivity contribution in [3.05, 3.63) is 30.3 Å². The lowest BCUT2D eigenvalue weighted by atomic mass is 9.96. The molecule has 0 aliphatic carbocycles. The second-order valence-electron chi connectivity index (χ2n) is 6.27. The minimum Gasteiger partial charge on any atom is -0.350 e. The Kier molecular flexibility index (Phi) is 5.69. The van der Waals surface area contributed by atoms with Crippen LogP contribution in [-0.4, -0.2) is 58.2 Å². The predicted octanol–water partition coefficient (Wildman–Crippen LogP) is 1.94. The number of piperidine rings is 1. The fourth-order valence-electron chi connectivity index (χ4n) is 3.32. The summed E-state index contributed by atoms with van der Waals surface area (Å²) < 4.78 is 35.7. The van der Waals surface area contributed by atoms with E-state index in [2.05, 4.69) is 4.90 Å². The van der Waals surface area contributed by atoms with Gasteiger partial charge in [-0.3, -0.25) is 0 Å². The van der Waals surface area contributed by atoms with Gasteiger partial charge in [0.2, 0.25) is 0 Å². The molecule has 2 heterocycles. The topological polar surface area (TPSA) is 55.8 Å². The number of rotatable bonds is 6. The quantitative estimate of drug-likeness (QED) is 0.793. The summed E-state index contributed by atoms with van der Waals surface area (Å²) in [4.78, 5) is 2.78. The molecule has 2 aliphatic heterocycles. The molecule has 3 rings (SSSR count). The lowest BCUT2D eigenvalue weighted by molar-refractivity contribution is -0.0973. The van der Waals surface area contributed by atoms with Crippen molar-refractivity contribution in [3.8, 4) is 0 Å². The van der Waals surface area contributed by atoms with Crippen LogP contribution in [0.5, 0.6) is 0 Å². The molecule has 5 nitrogen and oxygen atoms in total. The average molecular weight is 339 g/mol. The lowest BCUT2D eigenvalue weighted by Crippen LogP contribution is -2.39. The molecule has 0 N–H and O–H groups in total. The molecule has 0 unspecified atom stereocenters. The molecule has 0 spiro atoms. The molecule has 1 aromatic carbocycles. The molecule has 2 aliphatic rings. The molecule has 0 bridgehead atoms. The van der Waals surface area contributed by atoms with Crippen LogP contribution in [0.2, 0.25) is 0 Å². The fourth-order valence-corrected chi connectivity index (χ4v) is 4.64. The molecule has 2 fully saturated rings. The maximum Gasteiger partial charge on any atom is 0.178 e. The van der Waals surface area contributed by atoms with Gasteiger partial charge < -0.3 is 14.4 Å². The highest BCUT2D eigenvalue weighted by Crippen LogP contribution is 2.25. The number of hydrogen-bond acceptors (Lipinski definition) is 5. The van der Waals surface area contributed by atoms with Crippen LogP contribution in [0.1, 0.15) is 19.3 Å². The Bertz CT molecular complexity index is 576. The first kappa shape index (κ1) is 16.9. The largest absolute Gasteiger partial charge is 0.350 e. The van der Waals surface area contributed by atoms with Crippen molar-refractivity contribution in [1.82, 2.24) is 4.90 Å². The first-order chi connectivity index (χ1) is 11.1. The van der Waals surface area contributed by atoms with Gasteiger partial charge in [0.05, 0.1) is 23.9 Å². The van der Waals surface area contributed by atoms with Crippen molar-refractivity contribution in [3.63, 3.8) is 0 Å². The third-order valence-electron chi connectivity index (χ3n) is 4.65. The van der Waals surface area contributed by atoms with Gasteiger partial charge in [-0.15, -0.1) is 0 Å². The molecule has 128 valence electrons. The number of hydrogen-bond donors (Lipinski definition) is 0. The highest BCUT2D eigenvalue weighted by atomic mass is 32.2. The maximum atomic E-state index is 12.2. The Hall–Kier alpha value is -0.950. The fraction of sp³-hybridized carbons (Fsp3) is 0.647. The van der Waals surface area contributed by atoms with Crippen LogP contribution < -0.4 is 0 Å². The number of benzene rings is 1. The molecule has 6 heteroatoms. The van der Waals surface area contributed by atoms with Crippen LogP contribution in [0, 0.1) is 5.92 Å². The van der Waals surface area contributed by atoms with Crippen LogP contribution in [0.15, 0.2) is 35.2 Å². The van der Waals surface area contributed by atoms with Crippen LogP contribution in [0.4, 0.5) is 0 Å². The van der Waals surface area contributed by atoms with Crippen molar-refractivity contribution in [1.29, 1.82) is 0 Å². The third-order valence-corrected chi connectivity index (χ3v) is 6.47. The van der Waals surface area contributed by atoms with Crippen molar-refractivity contribution >= 4 is 9.84 Å². The molecule has 0 saturated carbocycles. The van der Waals surface area contributed by atoms with Gasteiger partial charge >= 0.3 is 0 Å². The summed E-state index contributed by atoms with van der Waals surface area (Å²) in [6.45, 7) is 4.26. The molecule has 1 aromatic rings. The minimum absolute atomic E-state index is 0.0180. The standard InChI is InChI=1S/C17H25NO4S/c19-23(20,16-5-2-1-3-6-16)14-4-9-18-10-7-15(8-11-18)17-21-12-13-22-17/h1-3,5-6,15,17H,4,7-14H2. The summed E-state index contributed by atoms with van der Waals surface area (Å²) in [6.07, 6.45) is 2.79. The van der Waals surface area contributed by atoms with Crippen molar-refractivity contribution in [2.75, 3.05) is 38.6 Å². The van der Waals surface area contributed by atoms with E-state index in [4.69, 9.17) is 9.47 Å². The van der Waals surface area contributed by atoms with Gasteiger partial charge in [-0.25, -0.2) is 8.42 Å². The van der Waals surface area contributed by atoms with Crippen LogP contribution in [0.25, 0.3) is 0 Å². The highest BCUT2D eigenvalue weighted by Gasteiger charge is 2.30. The van der Waals surface area contributed by atoms with Crippen molar-refractivity contribution in [2.45, 2.75) is 30.4 Å². The Balaban J connectivity index is 1.40. The van der Waals surface area contributed by atoms with Crippen molar-refractivity contribution < 1.29 is 17.9 Å².